The third-order valence-electron chi connectivity index (χ3n) is 8.93. The van der Waals surface area contributed by atoms with Crippen molar-refractivity contribution in [2.45, 2.75) is 25.5 Å². The highest BCUT2D eigenvalue weighted by molar-refractivity contribution is 8.00. The molecule has 0 saturated heterocycles. The van der Waals surface area contributed by atoms with Gasteiger partial charge in [0.1, 0.15) is 0 Å². The first-order chi connectivity index (χ1) is 23.3. The molecule has 2 aliphatic rings. The van der Waals surface area contributed by atoms with E-state index in [1.807, 2.05) is 23.5 Å². The van der Waals surface area contributed by atoms with E-state index in [4.69, 9.17) is 0 Å². The molecular weight excluding hydrogens is 609 g/mol. The van der Waals surface area contributed by atoms with Crippen LogP contribution in [0.3, 0.4) is 0 Å². The van der Waals surface area contributed by atoms with Gasteiger partial charge in [-0.1, -0.05) is 127 Å². The minimum Gasteiger partial charge on any atom is -0.308 e. The van der Waals surface area contributed by atoms with Crippen LogP contribution in [0.2, 0.25) is 0 Å². The molecule has 0 saturated carbocycles. The Morgan fingerprint density at radius 1 is 0.319 bits per heavy atom. The molecule has 7 aromatic carbocycles. The van der Waals surface area contributed by atoms with E-state index in [0.29, 0.717) is 0 Å². The van der Waals surface area contributed by atoms with Crippen LogP contribution in [0.5, 0.6) is 0 Å². The summed E-state index contributed by atoms with van der Waals surface area (Å²) in [6.07, 6.45) is 0. The van der Waals surface area contributed by atoms with Gasteiger partial charge in [0, 0.05) is 36.9 Å². The fourth-order valence-electron chi connectivity index (χ4n) is 6.84. The van der Waals surface area contributed by atoms with Crippen molar-refractivity contribution in [1.29, 1.82) is 0 Å². The average molecular weight is 639 g/mol. The SMILES string of the molecule is c1ccc(C(c2ccc3c(c2)Sc2ccccc2N3c2ccccc2)c2ccc3c(c2)Sc2ccccc2N3c2ccccc2)cc1. The molecule has 224 valence electrons. The predicted molar refractivity (Wildman–Crippen MR) is 198 cm³/mol. The minimum absolute atomic E-state index is 0.0812. The average Bonchev–Trinajstić information content (AvgIpc) is 3.14. The van der Waals surface area contributed by atoms with Gasteiger partial charge in [0.05, 0.1) is 22.7 Å². The number of anilines is 6. The van der Waals surface area contributed by atoms with Crippen LogP contribution < -0.4 is 9.80 Å². The van der Waals surface area contributed by atoms with Gasteiger partial charge in [-0.05, 0) is 89.5 Å². The fourth-order valence-corrected chi connectivity index (χ4v) is 9.05. The second kappa shape index (κ2) is 11.9. The first kappa shape index (κ1) is 28.1. The molecule has 47 heavy (non-hydrogen) atoms. The summed E-state index contributed by atoms with van der Waals surface area (Å²) >= 11 is 3.73. The van der Waals surface area contributed by atoms with Crippen LogP contribution in [0.1, 0.15) is 22.6 Å². The molecule has 0 unspecified atom stereocenters. The Morgan fingerprint density at radius 3 is 1.17 bits per heavy atom. The van der Waals surface area contributed by atoms with Gasteiger partial charge in [-0.15, -0.1) is 0 Å². The van der Waals surface area contributed by atoms with Crippen LogP contribution in [0.25, 0.3) is 0 Å². The van der Waals surface area contributed by atoms with E-state index in [1.165, 1.54) is 70.4 Å². The molecule has 0 spiro atoms. The molecule has 0 aromatic heterocycles. The zero-order valence-corrected chi connectivity index (χ0v) is 27.2. The van der Waals surface area contributed by atoms with E-state index in [-0.39, 0.29) is 5.92 Å². The van der Waals surface area contributed by atoms with Crippen molar-refractivity contribution in [1.82, 2.24) is 0 Å². The first-order valence-corrected chi connectivity index (χ1v) is 17.5. The van der Waals surface area contributed by atoms with Crippen LogP contribution in [0.15, 0.2) is 196 Å². The normalized spacial score (nSPS) is 13.0. The van der Waals surface area contributed by atoms with E-state index in [2.05, 4.69) is 186 Å². The van der Waals surface area contributed by atoms with Gasteiger partial charge in [-0.25, -0.2) is 0 Å². The maximum absolute atomic E-state index is 2.42. The van der Waals surface area contributed by atoms with Gasteiger partial charge in [-0.2, -0.15) is 0 Å². The van der Waals surface area contributed by atoms with Crippen molar-refractivity contribution in [3.63, 3.8) is 0 Å². The van der Waals surface area contributed by atoms with Crippen molar-refractivity contribution in [2.75, 3.05) is 9.80 Å². The fraction of sp³-hybridized carbons (Fsp3) is 0.0233. The molecule has 4 heteroatoms. The monoisotopic (exact) mass is 638 g/mol. The smallest absolute Gasteiger partial charge is 0.0601 e. The summed E-state index contributed by atoms with van der Waals surface area (Å²) < 4.78 is 0. The van der Waals surface area contributed by atoms with Crippen LogP contribution in [0, 0.1) is 0 Å². The van der Waals surface area contributed by atoms with Crippen molar-refractivity contribution >= 4 is 57.6 Å². The van der Waals surface area contributed by atoms with Gasteiger partial charge in [-0.3, -0.25) is 0 Å². The molecule has 0 fully saturated rings. The Kier molecular flexibility index (Phi) is 7.11. The molecule has 0 radical (unpaired) electrons. The summed E-state index contributed by atoms with van der Waals surface area (Å²) in [5.74, 6) is 0.0812. The molecular formula is C43H30N2S2. The molecule has 9 rings (SSSR count). The minimum atomic E-state index is 0.0812. The second-order valence-electron chi connectivity index (χ2n) is 11.8. The molecule has 0 atom stereocenters. The lowest BCUT2D eigenvalue weighted by atomic mass is 9.85. The highest BCUT2D eigenvalue weighted by atomic mass is 32.2. The molecule has 2 heterocycles. The number of fused-ring (bicyclic) bond motifs is 4. The van der Waals surface area contributed by atoms with Crippen molar-refractivity contribution < 1.29 is 0 Å². The van der Waals surface area contributed by atoms with Gasteiger partial charge >= 0.3 is 0 Å². The topological polar surface area (TPSA) is 6.48 Å². The van der Waals surface area contributed by atoms with Crippen LogP contribution >= 0.6 is 23.5 Å². The van der Waals surface area contributed by atoms with E-state index in [0.717, 1.165) is 0 Å². The zero-order chi connectivity index (χ0) is 31.2. The van der Waals surface area contributed by atoms with E-state index in [1.54, 1.807) is 0 Å². The van der Waals surface area contributed by atoms with Gasteiger partial charge in [0.15, 0.2) is 0 Å². The highest BCUT2D eigenvalue weighted by Crippen LogP contribution is 2.54. The lowest BCUT2D eigenvalue weighted by Crippen LogP contribution is -2.16. The molecule has 0 bridgehead atoms. The molecule has 2 aliphatic heterocycles. The van der Waals surface area contributed by atoms with E-state index in [9.17, 15) is 0 Å². The number of benzene rings is 7. The zero-order valence-electron chi connectivity index (χ0n) is 25.5. The molecule has 0 amide bonds. The predicted octanol–water partition coefficient (Wildman–Crippen LogP) is 12.7. The Labute approximate surface area is 284 Å². The maximum Gasteiger partial charge on any atom is 0.0601 e. The Balaban J connectivity index is 1.18. The van der Waals surface area contributed by atoms with Crippen LogP contribution in [0.4, 0.5) is 34.1 Å². The number of rotatable bonds is 5. The number of para-hydroxylation sites is 4. The Morgan fingerprint density at radius 2 is 0.702 bits per heavy atom. The Hall–Kier alpha value is -5.16. The third-order valence-corrected chi connectivity index (χ3v) is 11.2. The van der Waals surface area contributed by atoms with Gasteiger partial charge in [0.2, 0.25) is 0 Å². The van der Waals surface area contributed by atoms with E-state index >= 15 is 0 Å². The maximum atomic E-state index is 2.42. The standard InChI is InChI=1S/C43H30N2S2/c1-4-14-30(15-5-1)43(31-24-26-37-41(28-31)46-39-22-12-10-20-35(39)44(37)33-16-6-2-7-17-33)32-25-27-38-42(29-32)47-40-23-13-11-21-36(40)45(38)34-18-8-3-9-19-34/h1-29,43H. The highest BCUT2D eigenvalue weighted by Gasteiger charge is 2.29. The molecule has 7 aromatic rings. The van der Waals surface area contributed by atoms with Gasteiger partial charge < -0.3 is 9.80 Å². The number of hydrogen-bond donors (Lipinski definition) is 0. The molecule has 0 N–H and O–H groups in total. The summed E-state index contributed by atoms with van der Waals surface area (Å²) in [7, 11) is 0. The summed E-state index contributed by atoms with van der Waals surface area (Å²) in [6.45, 7) is 0. The number of nitrogens with zero attached hydrogens (tertiary/aromatic N) is 2. The van der Waals surface area contributed by atoms with Crippen molar-refractivity contribution in [2.24, 2.45) is 0 Å². The lowest BCUT2D eigenvalue weighted by Gasteiger charge is -2.34. The van der Waals surface area contributed by atoms with Crippen LogP contribution in [-0.2, 0) is 0 Å². The lowest BCUT2D eigenvalue weighted by molar-refractivity contribution is 0.959. The quantitative estimate of drug-likeness (QED) is 0.173. The summed E-state index contributed by atoms with van der Waals surface area (Å²) in [5, 5.41) is 0. The largest absolute Gasteiger partial charge is 0.308 e. The second-order valence-corrected chi connectivity index (χ2v) is 13.9. The Bertz CT molecular complexity index is 2080. The van der Waals surface area contributed by atoms with Crippen molar-refractivity contribution in [3.8, 4) is 0 Å². The number of hydrogen-bond acceptors (Lipinski definition) is 4. The molecule has 2 nitrogen and oxygen atoms in total. The first-order valence-electron chi connectivity index (χ1n) is 15.9. The summed E-state index contributed by atoms with van der Waals surface area (Å²) in [4.78, 5) is 9.86. The third kappa shape index (κ3) is 5.01. The summed E-state index contributed by atoms with van der Waals surface area (Å²) in [6, 6.07) is 63.9. The molecule has 0 aliphatic carbocycles. The summed E-state index contributed by atoms with van der Waals surface area (Å²) in [5.41, 5.74) is 11.1. The van der Waals surface area contributed by atoms with Gasteiger partial charge in [0.25, 0.3) is 0 Å². The van der Waals surface area contributed by atoms with Crippen molar-refractivity contribution in [3.05, 3.63) is 193 Å². The van der Waals surface area contributed by atoms with E-state index < -0.39 is 0 Å². The van der Waals surface area contributed by atoms with Crippen LogP contribution in [-0.4, -0.2) is 0 Å².